The molecule has 10 nitrogen and oxygen atoms in total. The number of rotatable bonds is 12. The number of hydrogen-bond donors (Lipinski definition) is 3. The lowest BCUT2D eigenvalue weighted by Crippen LogP contribution is -2.55. The van der Waals surface area contributed by atoms with Crippen molar-refractivity contribution in [1.82, 2.24) is 20.4 Å². The van der Waals surface area contributed by atoms with E-state index in [0.717, 1.165) is 31.4 Å². The molecular formula is C35H46F3N5O5. The van der Waals surface area contributed by atoms with Crippen LogP contribution in [0.25, 0.3) is 0 Å². The SMILES string of the molecule is CCC(=O)N[C@@H](C(=O)N1CCN(C)CC1)[C@@H](C)c1ccc(NC(=O)[C@@H](NC(=O)C(F)(F)c2cccc(OC)c2)C2CCCCC2)c(F)c1. The molecule has 1 aliphatic heterocycles. The van der Waals surface area contributed by atoms with Gasteiger partial charge in [-0.15, -0.1) is 0 Å². The van der Waals surface area contributed by atoms with E-state index in [1.54, 1.807) is 24.8 Å². The van der Waals surface area contributed by atoms with Crippen LogP contribution in [0.5, 0.6) is 5.75 Å². The molecule has 0 spiro atoms. The van der Waals surface area contributed by atoms with Gasteiger partial charge in [0.2, 0.25) is 17.7 Å². The van der Waals surface area contributed by atoms with E-state index < -0.39 is 53.0 Å². The van der Waals surface area contributed by atoms with Gasteiger partial charge < -0.3 is 30.5 Å². The first-order valence-corrected chi connectivity index (χ1v) is 16.6. The Labute approximate surface area is 279 Å². The number of carbonyl (C=O) groups is 4. The van der Waals surface area contributed by atoms with Gasteiger partial charge >= 0.3 is 5.92 Å². The van der Waals surface area contributed by atoms with Gasteiger partial charge in [0.1, 0.15) is 23.7 Å². The smallest absolute Gasteiger partial charge is 0.349 e. The number of carbonyl (C=O) groups excluding carboxylic acids is 4. The molecule has 1 heterocycles. The van der Waals surface area contributed by atoms with Crippen molar-refractivity contribution < 1.29 is 37.1 Å². The number of anilines is 1. The van der Waals surface area contributed by atoms with Crippen molar-refractivity contribution in [1.29, 1.82) is 0 Å². The number of benzene rings is 2. The molecule has 3 atom stereocenters. The summed E-state index contributed by atoms with van der Waals surface area (Å²) in [7, 11) is 3.29. The summed E-state index contributed by atoms with van der Waals surface area (Å²) in [5.41, 5.74) is -0.369. The predicted octanol–water partition coefficient (Wildman–Crippen LogP) is 4.40. The summed E-state index contributed by atoms with van der Waals surface area (Å²) in [5, 5.41) is 7.56. The highest BCUT2D eigenvalue weighted by atomic mass is 19.3. The molecule has 4 amide bonds. The summed E-state index contributed by atoms with van der Waals surface area (Å²) < 4.78 is 51.2. The molecule has 1 saturated carbocycles. The number of ether oxygens (including phenoxy) is 1. The van der Waals surface area contributed by atoms with E-state index in [9.17, 15) is 19.2 Å². The van der Waals surface area contributed by atoms with E-state index in [4.69, 9.17) is 4.74 Å². The van der Waals surface area contributed by atoms with E-state index in [-0.39, 0.29) is 29.7 Å². The Kier molecular flexibility index (Phi) is 12.5. The fourth-order valence-corrected chi connectivity index (χ4v) is 6.26. The molecule has 1 saturated heterocycles. The molecule has 3 N–H and O–H groups in total. The van der Waals surface area contributed by atoms with Gasteiger partial charge in [0.25, 0.3) is 5.91 Å². The maximum atomic E-state index is 15.6. The highest BCUT2D eigenvalue weighted by molar-refractivity contribution is 5.98. The number of amides is 4. The van der Waals surface area contributed by atoms with Gasteiger partial charge in [0.15, 0.2) is 0 Å². The number of piperazine rings is 1. The average molecular weight is 674 g/mol. The number of likely N-dealkylation sites (N-methyl/N-ethyl adjacent to an activating group) is 1. The first-order chi connectivity index (χ1) is 22.8. The Morgan fingerprint density at radius 3 is 2.29 bits per heavy atom. The third kappa shape index (κ3) is 8.86. The molecule has 2 aromatic carbocycles. The molecule has 13 heteroatoms. The van der Waals surface area contributed by atoms with Crippen LogP contribution in [0.1, 0.15) is 69.4 Å². The average Bonchev–Trinajstić information content (AvgIpc) is 3.10. The van der Waals surface area contributed by atoms with Crippen LogP contribution in [0, 0.1) is 11.7 Å². The van der Waals surface area contributed by atoms with Crippen molar-refractivity contribution >= 4 is 29.3 Å². The van der Waals surface area contributed by atoms with Crippen LogP contribution >= 0.6 is 0 Å². The minimum Gasteiger partial charge on any atom is -0.497 e. The van der Waals surface area contributed by atoms with E-state index in [2.05, 4.69) is 20.9 Å². The third-order valence-corrected chi connectivity index (χ3v) is 9.40. The summed E-state index contributed by atoms with van der Waals surface area (Å²) in [6, 6.07) is 6.80. The summed E-state index contributed by atoms with van der Waals surface area (Å²) in [5.74, 6) is -8.68. The van der Waals surface area contributed by atoms with Gasteiger partial charge in [-0.3, -0.25) is 19.2 Å². The minimum absolute atomic E-state index is 0.151. The summed E-state index contributed by atoms with van der Waals surface area (Å²) in [6.07, 6.45) is 3.69. The van der Waals surface area contributed by atoms with Crippen molar-refractivity contribution in [3.8, 4) is 5.75 Å². The van der Waals surface area contributed by atoms with E-state index >= 15 is 13.2 Å². The van der Waals surface area contributed by atoms with Crippen LogP contribution in [-0.4, -0.2) is 85.8 Å². The molecule has 0 bridgehead atoms. The summed E-state index contributed by atoms with van der Waals surface area (Å²) in [6.45, 7) is 5.79. The first-order valence-electron chi connectivity index (χ1n) is 16.6. The van der Waals surface area contributed by atoms with Crippen LogP contribution in [0.3, 0.4) is 0 Å². The van der Waals surface area contributed by atoms with Crippen LogP contribution in [0.15, 0.2) is 42.5 Å². The Hall–Kier alpha value is -4.13. The Balaban J connectivity index is 1.53. The van der Waals surface area contributed by atoms with E-state index in [1.165, 1.54) is 31.4 Å². The molecule has 2 fully saturated rings. The highest BCUT2D eigenvalue weighted by Gasteiger charge is 2.44. The van der Waals surface area contributed by atoms with Gasteiger partial charge in [-0.1, -0.05) is 51.3 Å². The second kappa shape index (κ2) is 16.3. The Bertz CT molecular complexity index is 1460. The fraction of sp³-hybridized carbons (Fsp3) is 0.543. The monoisotopic (exact) mass is 673 g/mol. The molecule has 2 aromatic rings. The Morgan fingerprint density at radius 1 is 0.979 bits per heavy atom. The Morgan fingerprint density at radius 2 is 1.67 bits per heavy atom. The lowest BCUT2D eigenvalue weighted by molar-refractivity contribution is -0.149. The number of methoxy groups -OCH3 is 1. The molecule has 1 aliphatic carbocycles. The van der Waals surface area contributed by atoms with Gasteiger partial charge in [0, 0.05) is 44.1 Å². The van der Waals surface area contributed by atoms with Crippen molar-refractivity contribution in [2.24, 2.45) is 5.92 Å². The molecule has 0 radical (unpaired) electrons. The third-order valence-electron chi connectivity index (χ3n) is 9.40. The normalized spacial score (nSPS) is 17.9. The zero-order valence-electron chi connectivity index (χ0n) is 28.0. The molecular weight excluding hydrogens is 627 g/mol. The van der Waals surface area contributed by atoms with E-state index in [0.29, 0.717) is 44.6 Å². The molecule has 262 valence electrons. The minimum atomic E-state index is -3.96. The quantitative estimate of drug-likeness (QED) is 0.308. The van der Waals surface area contributed by atoms with Crippen molar-refractivity contribution in [2.75, 3.05) is 45.7 Å². The molecule has 0 unspecified atom stereocenters. The molecule has 4 rings (SSSR count). The van der Waals surface area contributed by atoms with Crippen LogP contribution in [0.2, 0.25) is 0 Å². The topological polar surface area (TPSA) is 120 Å². The van der Waals surface area contributed by atoms with Gasteiger partial charge in [-0.25, -0.2) is 4.39 Å². The van der Waals surface area contributed by atoms with Crippen LogP contribution in [0.4, 0.5) is 18.9 Å². The first kappa shape index (κ1) is 36.7. The van der Waals surface area contributed by atoms with Crippen LogP contribution in [-0.2, 0) is 25.1 Å². The van der Waals surface area contributed by atoms with Gasteiger partial charge in [0.05, 0.1) is 12.8 Å². The van der Waals surface area contributed by atoms with Crippen molar-refractivity contribution in [3.63, 3.8) is 0 Å². The number of halogens is 3. The zero-order chi connectivity index (χ0) is 35.0. The highest BCUT2D eigenvalue weighted by Crippen LogP contribution is 2.33. The lowest BCUT2D eigenvalue weighted by Gasteiger charge is -2.36. The number of alkyl halides is 2. The summed E-state index contributed by atoms with van der Waals surface area (Å²) in [4.78, 5) is 56.3. The predicted molar refractivity (Wildman–Crippen MR) is 175 cm³/mol. The van der Waals surface area contributed by atoms with Crippen molar-refractivity contribution in [2.45, 2.75) is 76.3 Å². The number of nitrogens with one attached hydrogen (secondary N) is 3. The molecule has 2 aliphatic rings. The largest absolute Gasteiger partial charge is 0.497 e. The van der Waals surface area contributed by atoms with Crippen LogP contribution < -0.4 is 20.7 Å². The lowest BCUT2D eigenvalue weighted by atomic mass is 9.83. The standard InChI is InChI=1S/C35H46F3N5O5/c1-5-29(44)40-30(33(46)43-18-16-42(3)17-19-43)22(2)24-14-15-28(27(36)20-24)39-32(45)31(23-10-7-6-8-11-23)41-34(47)35(37,38)25-12-9-13-26(21-25)48-4/h9,12-15,20-23,30-31H,5-8,10-11,16-19H2,1-4H3,(H,39,45)(H,40,44)(H,41,47)/t22-,30+,31-/m0/s1. The van der Waals surface area contributed by atoms with E-state index in [1.807, 2.05) is 7.05 Å². The zero-order valence-corrected chi connectivity index (χ0v) is 28.0. The number of hydrogen-bond acceptors (Lipinski definition) is 6. The van der Waals surface area contributed by atoms with Gasteiger partial charge in [-0.05, 0) is 55.6 Å². The summed E-state index contributed by atoms with van der Waals surface area (Å²) >= 11 is 0. The van der Waals surface area contributed by atoms with Crippen molar-refractivity contribution in [3.05, 3.63) is 59.4 Å². The molecule has 48 heavy (non-hydrogen) atoms. The molecule has 0 aromatic heterocycles. The second-order valence-electron chi connectivity index (χ2n) is 12.7. The maximum absolute atomic E-state index is 15.6. The second-order valence-corrected chi connectivity index (χ2v) is 12.7. The van der Waals surface area contributed by atoms with Gasteiger partial charge in [-0.2, -0.15) is 8.78 Å². The number of nitrogens with zero attached hydrogens (tertiary/aromatic N) is 2. The maximum Gasteiger partial charge on any atom is 0.349 e. The fourth-order valence-electron chi connectivity index (χ4n) is 6.26.